The Morgan fingerprint density at radius 1 is 1.21 bits per heavy atom. The molecule has 0 aliphatic carbocycles. The molecule has 3 amide bonds. The van der Waals surface area contributed by atoms with Crippen LogP contribution < -0.4 is 16.6 Å². The lowest BCUT2D eigenvalue weighted by Gasteiger charge is -2.32. The van der Waals surface area contributed by atoms with Crippen molar-refractivity contribution in [2.75, 3.05) is 13.1 Å². The first-order valence-electron chi connectivity index (χ1n) is 5.74. The van der Waals surface area contributed by atoms with E-state index in [0.717, 1.165) is 0 Å². The first-order chi connectivity index (χ1) is 9.11. The topological polar surface area (TPSA) is 105 Å². The van der Waals surface area contributed by atoms with E-state index in [2.05, 4.69) is 10.7 Å². The van der Waals surface area contributed by atoms with Gasteiger partial charge >= 0.3 is 0 Å². The molecular formula is C12H14N4O3. The van der Waals surface area contributed by atoms with Gasteiger partial charge in [0.25, 0.3) is 5.91 Å². The summed E-state index contributed by atoms with van der Waals surface area (Å²) in [6, 6.07) is 8.10. The Hall–Kier alpha value is -2.25. The molecule has 1 unspecified atom stereocenters. The summed E-state index contributed by atoms with van der Waals surface area (Å²) in [6.07, 6.45) is 0. The number of hydrazine groups is 1. The van der Waals surface area contributed by atoms with Crippen LogP contribution in [0.25, 0.3) is 0 Å². The molecule has 1 aliphatic heterocycles. The van der Waals surface area contributed by atoms with Crippen molar-refractivity contribution in [1.82, 2.24) is 15.6 Å². The van der Waals surface area contributed by atoms with Crippen LogP contribution in [0.4, 0.5) is 0 Å². The van der Waals surface area contributed by atoms with E-state index in [4.69, 9.17) is 5.84 Å². The van der Waals surface area contributed by atoms with E-state index < -0.39 is 23.8 Å². The van der Waals surface area contributed by atoms with E-state index in [1.165, 1.54) is 4.90 Å². The molecule has 7 heteroatoms. The number of rotatable bonds is 3. The minimum Gasteiger partial charge on any atom is -0.294 e. The van der Waals surface area contributed by atoms with Crippen LogP contribution in [0.3, 0.4) is 0 Å². The molecule has 100 valence electrons. The molecule has 0 radical (unpaired) electrons. The Morgan fingerprint density at radius 3 is 2.32 bits per heavy atom. The van der Waals surface area contributed by atoms with Gasteiger partial charge in [0.2, 0.25) is 11.8 Å². The van der Waals surface area contributed by atoms with Crippen LogP contribution in [-0.4, -0.2) is 35.7 Å². The fourth-order valence-electron chi connectivity index (χ4n) is 2.08. The predicted octanol–water partition coefficient (Wildman–Crippen LogP) is -1.32. The summed E-state index contributed by atoms with van der Waals surface area (Å²) in [5.41, 5.74) is 2.74. The van der Waals surface area contributed by atoms with Gasteiger partial charge in [-0.2, -0.15) is 0 Å². The van der Waals surface area contributed by atoms with E-state index in [-0.39, 0.29) is 13.1 Å². The van der Waals surface area contributed by atoms with Gasteiger partial charge in [0, 0.05) is 0 Å². The number of nitrogens with two attached hydrogens (primary N) is 1. The van der Waals surface area contributed by atoms with Crippen molar-refractivity contribution in [2.24, 2.45) is 5.84 Å². The van der Waals surface area contributed by atoms with Crippen molar-refractivity contribution in [3.8, 4) is 0 Å². The van der Waals surface area contributed by atoms with Crippen LogP contribution in [0.2, 0.25) is 0 Å². The molecule has 1 heterocycles. The minimum absolute atomic E-state index is 0.0290. The highest BCUT2D eigenvalue weighted by Gasteiger charge is 2.33. The van der Waals surface area contributed by atoms with Crippen molar-refractivity contribution in [3.63, 3.8) is 0 Å². The first-order valence-corrected chi connectivity index (χ1v) is 5.74. The van der Waals surface area contributed by atoms with Crippen molar-refractivity contribution in [2.45, 2.75) is 6.04 Å². The van der Waals surface area contributed by atoms with Gasteiger partial charge in [-0.1, -0.05) is 30.3 Å². The number of hydrogen-bond donors (Lipinski definition) is 3. The third-order valence-corrected chi connectivity index (χ3v) is 2.84. The molecule has 0 spiro atoms. The number of nitrogens with one attached hydrogen (secondary N) is 2. The summed E-state index contributed by atoms with van der Waals surface area (Å²) >= 11 is 0. The molecule has 2 rings (SSSR count). The maximum atomic E-state index is 11.9. The number of hydrogen-bond acceptors (Lipinski definition) is 5. The van der Waals surface area contributed by atoms with Crippen LogP contribution in [0.1, 0.15) is 11.6 Å². The summed E-state index contributed by atoms with van der Waals surface area (Å²) in [4.78, 5) is 36.2. The zero-order chi connectivity index (χ0) is 13.8. The van der Waals surface area contributed by atoms with Gasteiger partial charge in [0.05, 0.1) is 13.1 Å². The van der Waals surface area contributed by atoms with Crippen LogP contribution >= 0.6 is 0 Å². The first kappa shape index (κ1) is 13.2. The molecule has 7 nitrogen and oxygen atoms in total. The average Bonchev–Trinajstić information content (AvgIpc) is 2.39. The molecule has 1 atom stereocenters. The van der Waals surface area contributed by atoms with Crippen LogP contribution in [-0.2, 0) is 14.4 Å². The van der Waals surface area contributed by atoms with Crippen molar-refractivity contribution in [1.29, 1.82) is 0 Å². The monoisotopic (exact) mass is 262 g/mol. The number of piperazine rings is 1. The van der Waals surface area contributed by atoms with E-state index in [1.807, 2.05) is 6.07 Å². The summed E-state index contributed by atoms with van der Waals surface area (Å²) in [6.45, 7) is -0.0581. The molecule has 1 aliphatic rings. The lowest BCUT2D eigenvalue weighted by atomic mass is 10.0. The summed E-state index contributed by atoms with van der Waals surface area (Å²) in [5, 5.41) is 2.19. The Bertz CT molecular complexity index is 487. The third kappa shape index (κ3) is 2.95. The predicted molar refractivity (Wildman–Crippen MR) is 66.2 cm³/mol. The van der Waals surface area contributed by atoms with Gasteiger partial charge in [-0.05, 0) is 5.56 Å². The zero-order valence-electron chi connectivity index (χ0n) is 10.1. The molecule has 1 fully saturated rings. The molecule has 1 saturated heterocycles. The van der Waals surface area contributed by atoms with E-state index in [0.29, 0.717) is 5.56 Å². The van der Waals surface area contributed by atoms with Crippen molar-refractivity contribution >= 4 is 17.7 Å². The second-order valence-electron chi connectivity index (χ2n) is 4.20. The van der Waals surface area contributed by atoms with Gasteiger partial charge < -0.3 is 0 Å². The molecule has 0 bridgehead atoms. The number of nitrogens with zero attached hydrogens (tertiary/aromatic N) is 1. The van der Waals surface area contributed by atoms with E-state index in [1.54, 1.807) is 24.3 Å². The summed E-state index contributed by atoms with van der Waals surface area (Å²) in [7, 11) is 0. The van der Waals surface area contributed by atoms with Gasteiger partial charge in [-0.3, -0.25) is 30.0 Å². The highest BCUT2D eigenvalue weighted by molar-refractivity contribution is 6.00. The molecule has 0 aromatic heterocycles. The Morgan fingerprint density at radius 2 is 1.79 bits per heavy atom. The van der Waals surface area contributed by atoms with Gasteiger partial charge in [-0.15, -0.1) is 0 Å². The minimum atomic E-state index is -0.763. The maximum Gasteiger partial charge on any atom is 0.255 e. The standard InChI is InChI=1S/C12H14N4O3/c13-15-12(19)11(8-4-2-1-3-5-8)16-6-9(17)14-10(18)7-16/h1-5,11H,6-7,13H2,(H,15,19)(H,14,17,18). The van der Waals surface area contributed by atoms with Crippen molar-refractivity contribution < 1.29 is 14.4 Å². The second kappa shape index (κ2) is 5.59. The average molecular weight is 262 g/mol. The Kier molecular flexibility index (Phi) is 3.88. The van der Waals surface area contributed by atoms with Crippen LogP contribution in [0.5, 0.6) is 0 Å². The molecule has 0 saturated carbocycles. The second-order valence-corrected chi connectivity index (χ2v) is 4.20. The fourth-order valence-corrected chi connectivity index (χ4v) is 2.08. The van der Waals surface area contributed by atoms with Crippen LogP contribution in [0.15, 0.2) is 30.3 Å². The quantitative estimate of drug-likeness (QED) is 0.271. The Labute approximate surface area is 109 Å². The number of carbonyl (C=O) groups is 3. The zero-order valence-corrected chi connectivity index (χ0v) is 10.1. The number of benzene rings is 1. The SMILES string of the molecule is NNC(=O)C(c1ccccc1)N1CC(=O)NC(=O)C1. The van der Waals surface area contributed by atoms with E-state index >= 15 is 0 Å². The van der Waals surface area contributed by atoms with Gasteiger partial charge in [0.15, 0.2) is 0 Å². The normalized spacial score (nSPS) is 17.7. The molecule has 4 N–H and O–H groups in total. The maximum absolute atomic E-state index is 11.9. The lowest BCUT2D eigenvalue weighted by Crippen LogP contribution is -2.55. The summed E-state index contributed by atoms with van der Waals surface area (Å²) < 4.78 is 0. The smallest absolute Gasteiger partial charge is 0.255 e. The molecule has 19 heavy (non-hydrogen) atoms. The Balaban J connectivity index is 2.30. The lowest BCUT2D eigenvalue weighted by molar-refractivity contribution is -0.139. The highest BCUT2D eigenvalue weighted by atomic mass is 16.2. The molecular weight excluding hydrogens is 248 g/mol. The van der Waals surface area contributed by atoms with Gasteiger partial charge in [0.1, 0.15) is 6.04 Å². The van der Waals surface area contributed by atoms with Gasteiger partial charge in [-0.25, -0.2) is 5.84 Å². The number of carbonyl (C=O) groups excluding carboxylic acids is 3. The summed E-state index contributed by atoms with van der Waals surface area (Å²) in [5.74, 6) is 3.85. The fraction of sp³-hybridized carbons (Fsp3) is 0.250. The van der Waals surface area contributed by atoms with Crippen molar-refractivity contribution in [3.05, 3.63) is 35.9 Å². The van der Waals surface area contributed by atoms with Crippen LogP contribution in [0, 0.1) is 0 Å². The number of amides is 3. The molecule has 1 aromatic rings. The third-order valence-electron chi connectivity index (χ3n) is 2.84. The largest absolute Gasteiger partial charge is 0.294 e. The number of imide groups is 1. The highest BCUT2D eigenvalue weighted by Crippen LogP contribution is 2.21. The molecule has 1 aromatic carbocycles. The van der Waals surface area contributed by atoms with E-state index in [9.17, 15) is 14.4 Å².